The lowest BCUT2D eigenvalue weighted by molar-refractivity contribution is -0.149. The van der Waals surface area contributed by atoms with Gasteiger partial charge in [-0.05, 0) is 17.7 Å². The van der Waals surface area contributed by atoms with Crippen LogP contribution in [0, 0.1) is 0 Å². The van der Waals surface area contributed by atoms with Crippen molar-refractivity contribution in [1.82, 2.24) is 16.0 Å². The van der Waals surface area contributed by atoms with Crippen LogP contribution in [0.3, 0.4) is 0 Å². The van der Waals surface area contributed by atoms with E-state index in [9.17, 15) is 19.2 Å². The fourth-order valence-electron chi connectivity index (χ4n) is 2.46. The van der Waals surface area contributed by atoms with Crippen LogP contribution in [0.25, 0.3) is 0 Å². The molecule has 3 amide bonds. The first-order chi connectivity index (χ1) is 14.0. The Morgan fingerprint density at radius 1 is 0.897 bits per heavy atom. The number of esters is 1. The molecule has 2 aromatic carbocycles. The van der Waals surface area contributed by atoms with Gasteiger partial charge in [0.2, 0.25) is 5.91 Å². The normalized spacial score (nSPS) is 11.1. The molecule has 2 aromatic rings. The molecule has 3 N–H and O–H groups in total. The first-order valence-electron chi connectivity index (χ1n) is 9.03. The number of hydrogen-bond donors (Lipinski definition) is 3. The Morgan fingerprint density at radius 2 is 1.52 bits per heavy atom. The molecule has 0 aromatic heterocycles. The molecule has 8 heteroatoms. The molecule has 29 heavy (non-hydrogen) atoms. The van der Waals surface area contributed by atoms with Crippen LogP contribution < -0.4 is 16.0 Å². The van der Waals surface area contributed by atoms with Crippen molar-refractivity contribution in [2.45, 2.75) is 12.5 Å². The molecule has 0 unspecified atom stereocenters. The zero-order valence-corrected chi connectivity index (χ0v) is 16.0. The van der Waals surface area contributed by atoms with Crippen molar-refractivity contribution < 1.29 is 23.9 Å². The average molecular weight is 397 g/mol. The Balaban J connectivity index is 1.95. The van der Waals surface area contributed by atoms with E-state index in [0.717, 1.165) is 5.56 Å². The summed E-state index contributed by atoms with van der Waals surface area (Å²) in [6.45, 7) is -0.712. The van der Waals surface area contributed by atoms with Gasteiger partial charge in [0.05, 0.1) is 19.0 Å². The maximum absolute atomic E-state index is 12.5. The van der Waals surface area contributed by atoms with Gasteiger partial charge < -0.3 is 20.7 Å². The smallest absolute Gasteiger partial charge is 0.308 e. The second-order valence-corrected chi connectivity index (χ2v) is 6.12. The second-order valence-electron chi connectivity index (χ2n) is 6.12. The summed E-state index contributed by atoms with van der Waals surface area (Å²) in [6.07, 6.45) is -0.148. The van der Waals surface area contributed by atoms with Gasteiger partial charge in [0, 0.05) is 12.6 Å². The lowest BCUT2D eigenvalue weighted by Gasteiger charge is -2.18. The predicted octanol–water partition coefficient (Wildman–Crippen LogP) is 0.953. The van der Waals surface area contributed by atoms with Crippen molar-refractivity contribution in [3.63, 3.8) is 0 Å². The summed E-state index contributed by atoms with van der Waals surface area (Å²) in [6, 6.07) is 17.0. The number of carbonyl (C=O) groups is 4. The van der Waals surface area contributed by atoms with E-state index in [1.165, 1.54) is 7.05 Å². The zero-order chi connectivity index (χ0) is 21.1. The fraction of sp³-hybridized carbons (Fsp3) is 0.238. The predicted molar refractivity (Wildman–Crippen MR) is 106 cm³/mol. The van der Waals surface area contributed by atoms with Gasteiger partial charge in [-0.2, -0.15) is 0 Å². The zero-order valence-electron chi connectivity index (χ0n) is 16.0. The fourth-order valence-corrected chi connectivity index (χ4v) is 2.46. The number of ether oxygens (including phenoxy) is 1. The highest BCUT2D eigenvalue weighted by Crippen LogP contribution is 2.18. The third-order valence-electron chi connectivity index (χ3n) is 4.00. The minimum Gasteiger partial charge on any atom is -0.456 e. The molecule has 1 atom stereocenters. The van der Waals surface area contributed by atoms with Gasteiger partial charge in [0.15, 0.2) is 6.61 Å². The molecular formula is C21H23N3O5. The highest BCUT2D eigenvalue weighted by atomic mass is 16.5. The van der Waals surface area contributed by atoms with Gasteiger partial charge in [-0.25, -0.2) is 0 Å². The van der Waals surface area contributed by atoms with Crippen molar-refractivity contribution in [1.29, 1.82) is 0 Å². The molecule has 0 saturated carbocycles. The molecule has 0 radical (unpaired) electrons. The summed E-state index contributed by atoms with van der Waals surface area (Å²) in [5.74, 6) is -1.93. The van der Waals surface area contributed by atoms with Crippen molar-refractivity contribution in [3.8, 4) is 0 Å². The van der Waals surface area contributed by atoms with E-state index >= 15 is 0 Å². The number of benzene rings is 2. The van der Waals surface area contributed by atoms with E-state index in [1.54, 1.807) is 54.6 Å². The standard InChI is InChI=1S/C21H23N3O5/c1-22-18(25)13-23-19(26)14-29-20(27)12-17(15-8-4-2-5-9-15)24-21(28)16-10-6-3-7-11-16/h2-11,17H,12-14H2,1H3,(H,22,25)(H,23,26)(H,24,28)/t17-/m1/s1. The summed E-state index contributed by atoms with van der Waals surface area (Å²) in [5, 5.41) is 7.51. The van der Waals surface area contributed by atoms with E-state index in [4.69, 9.17) is 4.74 Å². The van der Waals surface area contributed by atoms with Crippen LogP contribution in [0.15, 0.2) is 60.7 Å². The molecule has 0 saturated heterocycles. The largest absolute Gasteiger partial charge is 0.456 e. The molecule has 0 aliphatic carbocycles. The van der Waals surface area contributed by atoms with Crippen LogP contribution in [0.1, 0.15) is 28.4 Å². The third kappa shape index (κ3) is 7.45. The van der Waals surface area contributed by atoms with Crippen molar-refractivity contribution in [2.24, 2.45) is 0 Å². The minimum atomic E-state index is -0.651. The first-order valence-corrected chi connectivity index (χ1v) is 9.03. The summed E-state index contributed by atoms with van der Waals surface area (Å²) < 4.78 is 4.98. The summed E-state index contributed by atoms with van der Waals surface area (Å²) in [4.78, 5) is 47.4. The topological polar surface area (TPSA) is 114 Å². The Labute approximate surface area is 168 Å². The quantitative estimate of drug-likeness (QED) is 0.545. The monoisotopic (exact) mass is 397 g/mol. The Kier molecular flexibility index (Phi) is 8.37. The highest BCUT2D eigenvalue weighted by molar-refractivity contribution is 5.94. The van der Waals surface area contributed by atoms with Gasteiger partial charge >= 0.3 is 5.97 Å². The van der Waals surface area contributed by atoms with E-state index in [2.05, 4.69) is 16.0 Å². The van der Waals surface area contributed by atoms with Crippen molar-refractivity contribution in [2.75, 3.05) is 20.2 Å². The SMILES string of the molecule is CNC(=O)CNC(=O)COC(=O)C[C@@H](NC(=O)c1ccccc1)c1ccccc1. The number of nitrogens with one attached hydrogen (secondary N) is 3. The molecule has 0 spiro atoms. The number of amides is 3. The first kappa shape index (κ1) is 21.6. The maximum Gasteiger partial charge on any atom is 0.308 e. The van der Waals surface area contributed by atoms with Crippen LogP contribution in [-0.2, 0) is 19.1 Å². The van der Waals surface area contributed by atoms with E-state index in [0.29, 0.717) is 5.56 Å². The van der Waals surface area contributed by atoms with E-state index in [-0.39, 0.29) is 24.8 Å². The van der Waals surface area contributed by atoms with Gasteiger partial charge in [-0.3, -0.25) is 19.2 Å². The molecule has 0 heterocycles. The molecular weight excluding hydrogens is 374 g/mol. The molecule has 8 nitrogen and oxygen atoms in total. The molecule has 152 valence electrons. The molecule has 0 aliphatic rings. The second kappa shape index (κ2) is 11.2. The number of hydrogen-bond acceptors (Lipinski definition) is 5. The maximum atomic E-state index is 12.5. The van der Waals surface area contributed by atoms with Crippen LogP contribution in [0.2, 0.25) is 0 Å². The summed E-state index contributed by atoms with van der Waals surface area (Å²) in [7, 11) is 1.45. The Morgan fingerprint density at radius 3 is 2.14 bits per heavy atom. The molecule has 0 bridgehead atoms. The highest BCUT2D eigenvalue weighted by Gasteiger charge is 2.20. The van der Waals surface area contributed by atoms with Crippen LogP contribution >= 0.6 is 0 Å². The lowest BCUT2D eigenvalue weighted by Crippen LogP contribution is -2.37. The Hall–Kier alpha value is -3.68. The summed E-state index contributed by atoms with van der Waals surface area (Å²) in [5.41, 5.74) is 1.20. The van der Waals surface area contributed by atoms with E-state index < -0.39 is 24.5 Å². The van der Waals surface area contributed by atoms with E-state index in [1.807, 2.05) is 6.07 Å². The average Bonchev–Trinajstić information content (AvgIpc) is 2.76. The van der Waals surface area contributed by atoms with Crippen LogP contribution in [0.4, 0.5) is 0 Å². The minimum absolute atomic E-state index is 0.148. The van der Waals surface area contributed by atoms with Gasteiger partial charge in [0.25, 0.3) is 11.8 Å². The van der Waals surface area contributed by atoms with Gasteiger partial charge in [-0.1, -0.05) is 48.5 Å². The van der Waals surface area contributed by atoms with Crippen LogP contribution in [-0.4, -0.2) is 43.9 Å². The van der Waals surface area contributed by atoms with Crippen LogP contribution in [0.5, 0.6) is 0 Å². The van der Waals surface area contributed by atoms with Crippen molar-refractivity contribution in [3.05, 3.63) is 71.8 Å². The lowest BCUT2D eigenvalue weighted by atomic mass is 10.0. The summed E-state index contributed by atoms with van der Waals surface area (Å²) >= 11 is 0. The van der Waals surface area contributed by atoms with Gasteiger partial charge in [-0.15, -0.1) is 0 Å². The third-order valence-corrected chi connectivity index (χ3v) is 4.00. The number of likely N-dealkylation sites (N-methyl/N-ethyl adjacent to an activating group) is 1. The van der Waals surface area contributed by atoms with Crippen molar-refractivity contribution >= 4 is 23.7 Å². The van der Waals surface area contributed by atoms with Gasteiger partial charge in [0.1, 0.15) is 0 Å². The number of rotatable bonds is 9. The molecule has 2 rings (SSSR count). The number of carbonyl (C=O) groups excluding carboxylic acids is 4. The Bertz CT molecular complexity index is 840. The molecule has 0 aliphatic heterocycles. The molecule has 0 fully saturated rings.